The monoisotopic (exact) mass is 415 g/mol. The number of nitrogens with zero attached hydrogens (tertiary/aromatic N) is 3. The second kappa shape index (κ2) is 11.9. The molecule has 0 aliphatic heterocycles. The molecule has 2 aliphatic rings. The molecule has 4 rings (SSSR count). The maximum Gasteiger partial charge on any atom is 2.00 e. The van der Waals surface area contributed by atoms with Crippen molar-refractivity contribution in [2.75, 3.05) is 0 Å². The summed E-state index contributed by atoms with van der Waals surface area (Å²) in [6, 6.07) is 6.35. The third-order valence-corrected chi connectivity index (χ3v) is 3.81. The Kier molecular flexibility index (Phi) is 9.59. The maximum atomic E-state index is 13.8. The summed E-state index contributed by atoms with van der Waals surface area (Å²) in [4.78, 5) is 16.5. The first kappa shape index (κ1) is 22.5. The number of halogens is 1. The molecule has 140 valence electrons. The van der Waals surface area contributed by atoms with Gasteiger partial charge in [0, 0.05) is 11.1 Å². The average molecular weight is 415 g/mol. The number of ketones is 1. The molecule has 1 heterocycles. The number of rotatable bonds is 5. The number of carbonyl (C=O) groups is 1. The summed E-state index contributed by atoms with van der Waals surface area (Å²) in [5.41, 5.74) is 0.819. The first-order chi connectivity index (χ1) is 13.2. The smallest absolute Gasteiger partial charge is 0.294 e. The van der Waals surface area contributed by atoms with E-state index >= 15 is 0 Å². The Labute approximate surface area is 177 Å². The molecule has 0 amide bonds. The van der Waals surface area contributed by atoms with Crippen LogP contribution in [0.2, 0.25) is 0 Å². The van der Waals surface area contributed by atoms with Gasteiger partial charge in [0.25, 0.3) is 0 Å². The van der Waals surface area contributed by atoms with Crippen molar-refractivity contribution in [3.63, 3.8) is 0 Å². The van der Waals surface area contributed by atoms with Crippen molar-refractivity contribution >= 4 is 11.9 Å². The fourth-order valence-electron chi connectivity index (χ4n) is 2.48. The fourth-order valence-corrected chi connectivity index (χ4v) is 2.48. The molecule has 6 heteroatoms. The standard InChI is InChI=1S/C17H13FN3O.C5H5.Fe/c18-16-8-4-3-7-14(16)9-15(10-21-12-19-11-20-21)17(22)13-5-1-2-6-13;1-2-4-5-3-1;/h1-9,11-12H,10H2;1-5H;/q;;+2/b15-9+;;. The van der Waals surface area contributed by atoms with Crippen LogP contribution in [0.5, 0.6) is 0 Å². The van der Waals surface area contributed by atoms with Crippen LogP contribution < -0.4 is 0 Å². The summed E-state index contributed by atoms with van der Waals surface area (Å²) >= 11 is 0. The van der Waals surface area contributed by atoms with E-state index in [1.54, 1.807) is 50.0 Å². The molecule has 4 nitrogen and oxygen atoms in total. The van der Waals surface area contributed by atoms with Crippen LogP contribution in [0, 0.1) is 69.5 Å². The van der Waals surface area contributed by atoms with Crippen LogP contribution >= 0.6 is 0 Å². The molecule has 1 aromatic carbocycles. The predicted molar refractivity (Wildman–Crippen MR) is 101 cm³/mol. The van der Waals surface area contributed by atoms with Gasteiger partial charge in [-0.3, -0.25) is 4.79 Å². The molecule has 1 aromatic heterocycles. The molecule has 0 spiro atoms. The zero-order valence-corrected chi connectivity index (χ0v) is 16.0. The Morgan fingerprint density at radius 1 is 1.00 bits per heavy atom. The molecule has 2 aliphatic carbocycles. The minimum atomic E-state index is -0.367. The Morgan fingerprint density at radius 3 is 2.21 bits per heavy atom. The molecule has 0 atom stereocenters. The fraction of sp³-hybridized carbons (Fsp3) is 0.0455. The van der Waals surface area contributed by atoms with Gasteiger partial charge in [-0.2, -0.15) is 5.10 Å². The number of aromatic nitrogens is 3. The Morgan fingerprint density at radius 2 is 1.64 bits per heavy atom. The van der Waals surface area contributed by atoms with Crippen molar-refractivity contribution in [1.29, 1.82) is 0 Å². The number of Topliss-reactive ketones (excluding diaryl/α,β-unsaturated/α-hetero) is 1. The molecule has 2 saturated carbocycles. The van der Waals surface area contributed by atoms with Gasteiger partial charge in [0.05, 0.1) is 12.5 Å². The molecule has 2 aromatic rings. The molecule has 0 unspecified atom stereocenters. The van der Waals surface area contributed by atoms with Crippen molar-refractivity contribution in [3.05, 3.63) is 118 Å². The van der Waals surface area contributed by atoms with Gasteiger partial charge in [0.15, 0.2) is 5.78 Å². The van der Waals surface area contributed by atoms with Gasteiger partial charge in [0.1, 0.15) is 18.5 Å². The van der Waals surface area contributed by atoms with Crippen molar-refractivity contribution < 1.29 is 26.3 Å². The second-order valence-corrected chi connectivity index (χ2v) is 5.75. The third-order valence-electron chi connectivity index (χ3n) is 3.81. The van der Waals surface area contributed by atoms with Crippen LogP contribution in [-0.2, 0) is 28.4 Å². The van der Waals surface area contributed by atoms with E-state index in [0.717, 1.165) is 0 Å². The first-order valence-corrected chi connectivity index (χ1v) is 8.44. The molecular weight excluding hydrogens is 397 g/mol. The summed E-state index contributed by atoms with van der Waals surface area (Å²) < 4.78 is 15.4. The zero-order valence-electron chi connectivity index (χ0n) is 14.9. The van der Waals surface area contributed by atoms with Crippen molar-refractivity contribution in [1.82, 2.24) is 14.8 Å². The minimum absolute atomic E-state index is 0. The number of hydrogen-bond acceptors (Lipinski definition) is 3. The molecule has 28 heavy (non-hydrogen) atoms. The average Bonchev–Trinajstić information content (AvgIpc) is 3.46. The zero-order chi connectivity index (χ0) is 18.9. The number of hydrogen-bond donors (Lipinski definition) is 0. The molecule has 0 N–H and O–H groups in total. The number of allylic oxidation sites excluding steroid dienone is 1. The van der Waals surface area contributed by atoms with Gasteiger partial charge in [-0.25, -0.2) is 14.1 Å². The molecule has 10 radical (unpaired) electrons. The van der Waals surface area contributed by atoms with Crippen molar-refractivity contribution in [2.45, 2.75) is 6.54 Å². The minimum Gasteiger partial charge on any atom is -0.294 e. The van der Waals surface area contributed by atoms with E-state index in [0.29, 0.717) is 17.1 Å². The van der Waals surface area contributed by atoms with Gasteiger partial charge >= 0.3 is 17.1 Å². The van der Waals surface area contributed by atoms with E-state index in [4.69, 9.17) is 0 Å². The molecule has 0 saturated heterocycles. The van der Waals surface area contributed by atoms with Crippen LogP contribution in [-0.4, -0.2) is 20.5 Å². The van der Waals surface area contributed by atoms with Gasteiger partial charge in [-0.1, -0.05) is 18.2 Å². The van der Waals surface area contributed by atoms with Gasteiger partial charge in [0.2, 0.25) is 0 Å². The SMILES string of the molecule is O=C([C]1[CH][CH][CH][CH]1)/C(=C/c1ccccc1F)Cn1cncn1.[CH]1[CH][CH][CH][CH]1.[Fe+2]. The topological polar surface area (TPSA) is 47.8 Å². The summed E-state index contributed by atoms with van der Waals surface area (Å²) in [7, 11) is 0. The quantitative estimate of drug-likeness (QED) is 0.555. The van der Waals surface area contributed by atoms with Crippen molar-refractivity contribution in [2.24, 2.45) is 0 Å². The molecule has 0 bridgehead atoms. The van der Waals surface area contributed by atoms with Crippen molar-refractivity contribution in [3.8, 4) is 0 Å². The maximum absolute atomic E-state index is 13.8. The Hall–Kier alpha value is -1.78. The number of benzene rings is 1. The summed E-state index contributed by atoms with van der Waals surface area (Å²) in [5.74, 6) is 0.0559. The normalized spacial score (nSPS) is 17.0. The van der Waals surface area contributed by atoms with E-state index in [9.17, 15) is 9.18 Å². The van der Waals surface area contributed by atoms with E-state index in [1.165, 1.54) is 23.4 Å². The predicted octanol–water partition coefficient (Wildman–Crippen LogP) is 3.49. The van der Waals surface area contributed by atoms with Crippen LogP contribution in [0.3, 0.4) is 0 Å². The summed E-state index contributed by atoms with van der Waals surface area (Å²) in [6.45, 7) is 0.234. The van der Waals surface area contributed by atoms with Crippen LogP contribution in [0.25, 0.3) is 6.08 Å². The first-order valence-electron chi connectivity index (χ1n) is 8.44. The number of carbonyl (C=O) groups excluding carboxylic acids is 1. The van der Waals surface area contributed by atoms with Gasteiger partial charge < -0.3 is 0 Å². The van der Waals surface area contributed by atoms with Crippen LogP contribution in [0.1, 0.15) is 5.56 Å². The molecule has 2 fully saturated rings. The van der Waals surface area contributed by atoms with Crippen LogP contribution in [0.15, 0.2) is 42.5 Å². The van der Waals surface area contributed by atoms with E-state index < -0.39 is 0 Å². The largest absolute Gasteiger partial charge is 2.00 e. The molecular formula is C22H18FFeN3O+2. The second-order valence-electron chi connectivity index (χ2n) is 5.75. The third kappa shape index (κ3) is 6.68. The summed E-state index contributed by atoms with van der Waals surface area (Å²) in [5, 5.41) is 4.00. The van der Waals surface area contributed by atoms with Gasteiger partial charge in [-0.15, -0.1) is 0 Å². The summed E-state index contributed by atoms with van der Waals surface area (Å²) in [6.07, 6.45) is 21.5. The van der Waals surface area contributed by atoms with E-state index in [2.05, 4.69) is 10.1 Å². The van der Waals surface area contributed by atoms with Crippen LogP contribution in [0.4, 0.5) is 4.39 Å². The van der Waals surface area contributed by atoms with E-state index in [1.807, 2.05) is 32.1 Å². The van der Waals surface area contributed by atoms with Gasteiger partial charge in [-0.05, 0) is 69.9 Å². The van der Waals surface area contributed by atoms with E-state index in [-0.39, 0.29) is 35.2 Å². The Balaban J connectivity index is 0.000000408. The Bertz CT molecular complexity index is 743.